The summed E-state index contributed by atoms with van der Waals surface area (Å²) in [4.78, 5) is 22.1. The Kier molecular flexibility index (Phi) is 8.13. The number of carbonyl (C=O) groups excluding carboxylic acids is 1. The van der Waals surface area contributed by atoms with Crippen LogP contribution in [0.1, 0.15) is 26.7 Å². The molecule has 0 rings (SSSR count). The smallest absolute Gasteiger partial charge is 0.315 e. The van der Waals surface area contributed by atoms with Crippen LogP contribution < -0.4 is 16.0 Å². The van der Waals surface area contributed by atoms with Crippen molar-refractivity contribution in [3.05, 3.63) is 0 Å². The number of carboxylic acid groups (broad SMARTS) is 1. The minimum absolute atomic E-state index is 0.0540. The first-order valence-corrected chi connectivity index (χ1v) is 5.88. The first kappa shape index (κ1) is 15.7. The summed E-state index contributed by atoms with van der Waals surface area (Å²) in [5, 5.41) is 17.1. The van der Waals surface area contributed by atoms with Crippen molar-refractivity contribution in [2.75, 3.05) is 20.1 Å². The van der Waals surface area contributed by atoms with Crippen LogP contribution in [0.2, 0.25) is 0 Å². The van der Waals surface area contributed by atoms with Crippen molar-refractivity contribution in [3.63, 3.8) is 0 Å². The molecule has 0 saturated heterocycles. The summed E-state index contributed by atoms with van der Waals surface area (Å²) in [6, 6.07) is -0.641. The fourth-order valence-electron chi connectivity index (χ4n) is 1.33. The third-order valence-electron chi connectivity index (χ3n) is 2.40. The third kappa shape index (κ3) is 8.50. The average Bonchev–Trinajstić information content (AvgIpc) is 2.22. The van der Waals surface area contributed by atoms with Crippen LogP contribution in [0.4, 0.5) is 4.79 Å². The molecule has 0 aliphatic carbocycles. The maximum Gasteiger partial charge on any atom is 0.315 e. The van der Waals surface area contributed by atoms with Gasteiger partial charge in [0.1, 0.15) is 0 Å². The van der Waals surface area contributed by atoms with E-state index in [0.29, 0.717) is 6.54 Å². The van der Waals surface area contributed by atoms with Crippen LogP contribution in [0, 0.1) is 5.92 Å². The van der Waals surface area contributed by atoms with Gasteiger partial charge in [0, 0.05) is 12.6 Å². The molecule has 100 valence electrons. The molecule has 17 heavy (non-hydrogen) atoms. The van der Waals surface area contributed by atoms with Gasteiger partial charge in [-0.1, -0.05) is 13.8 Å². The van der Waals surface area contributed by atoms with Crippen LogP contribution in [0.15, 0.2) is 0 Å². The van der Waals surface area contributed by atoms with Crippen molar-refractivity contribution in [3.8, 4) is 0 Å². The number of aliphatic carboxylic acids is 1. The summed E-state index contributed by atoms with van der Waals surface area (Å²) in [6.45, 7) is 5.18. The van der Waals surface area contributed by atoms with Gasteiger partial charge in [0.25, 0.3) is 0 Å². The van der Waals surface area contributed by atoms with E-state index in [1.165, 1.54) is 0 Å². The van der Waals surface area contributed by atoms with E-state index >= 15 is 0 Å². The Morgan fingerprint density at radius 2 is 1.88 bits per heavy atom. The second-order valence-electron chi connectivity index (χ2n) is 4.31. The van der Waals surface area contributed by atoms with Crippen molar-refractivity contribution in [2.24, 2.45) is 5.92 Å². The lowest BCUT2D eigenvalue weighted by molar-refractivity contribution is -0.137. The first-order valence-electron chi connectivity index (χ1n) is 5.88. The van der Waals surface area contributed by atoms with Gasteiger partial charge in [0.05, 0.1) is 6.42 Å². The lowest BCUT2D eigenvalue weighted by Crippen LogP contribution is -2.45. The largest absolute Gasteiger partial charge is 0.481 e. The quantitative estimate of drug-likeness (QED) is 0.466. The Morgan fingerprint density at radius 3 is 2.35 bits per heavy atom. The fourth-order valence-corrected chi connectivity index (χ4v) is 1.33. The Hall–Kier alpha value is -1.30. The molecular formula is C11H23N3O3. The maximum absolute atomic E-state index is 11.5. The van der Waals surface area contributed by atoms with E-state index in [-0.39, 0.29) is 24.4 Å². The summed E-state index contributed by atoms with van der Waals surface area (Å²) >= 11 is 0. The molecule has 0 radical (unpaired) electrons. The maximum atomic E-state index is 11.5. The second-order valence-corrected chi connectivity index (χ2v) is 4.31. The zero-order chi connectivity index (χ0) is 13.3. The van der Waals surface area contributed by atoms with Gasteiger partial charge in [-0.15, -0.1) is 0 Å². The van der Waals surface area contributed by atoms with Crippen LogP contribution in [0.25, 0.3) is 0 Å². The molecule has 0 aliphatic rings. The summed E-state index contributed by atoms with van der Waals surface area (Å²) in [6.07, 6.45) is 0.788. The van der Waals surface area contributed by atoms with Crippen molar-refractivity contribution < 1.29 is 14.7 Å². The van der Waals surface area contributed by atoms with E-state index in [2.05, 4.69) is 16.0 Å². The van der Waals surface area contributed by atoms with E-state index in [1.54, 1.807) is 0 Å². The Morgan fingerprint density at radius 1 is 1.24 bits per heavy atom. The third-order valence-corrected chi connectivity index (χ3v) is 2.40. The molecule has 6 heteroatoms. The Labute approximate surface area is 102 Å². The van der Waals surface area contributed by atoms with Gasteiger partial charge in [-0.05, 0) is 25.9 Å². The predicted molar refractivity (Wildman–Crippen MR) is 66.0 cm³/mol. The van der Waals surface area contributed by atoms with Gasteiger partial charge in [0.15, 0.2) is 0 Å². The molecule has 0 heterocycles. The Bertz CT molecular complexity index is 244. The minimum atomic E-state index is -0.904. The van der Waals surface area contributed by atoms with Gasteiger partial charge in [-0.2, -0.15) is 0 Å². The topological polar surface area (TPSA) is 90.5 Å². The van der Waals surface area contributed by atoms with Gasteiger partial charge < -0.3 is 21.1 Å². The number of rotatable bonds is 8. The normalized spacial score (nSPS) is 12.2. The van der Waals surface area contributed by atoms with Crippen molar-refractivity contribution >= 4 is 12.0 Å². The van der Waals surface area contributed by atoms with E-state index in [0.717, 1.165) is 13.0 Å². The fraction of sp³-hybridized carbons (Fsp3) is 0.818. The highest BCUT2D eigenvalue weighted by molar-refractivity contribution is 5.75. The van der Waals surface area contributed by atoms with Crippen LogP contribution >= 0.6 is 0 Å². The van der Waals surface area contributed by atoms with E-state index in [1.807, 2.05) is 20.9 Å². The van der Waals surface area contributed by atoms with Gasteiger partial charge in [-0.3, -0.25) is 4.79 Å². The molecule has 0 aromatic rings. The predicted octanol–water partition coefficient (Wildman–Crippen LogP) is 0.394. The highest BCUT2D eigenvalue weighted by atomic mass is 16.4. The number of amides is 2. The second kappa shape index (κ2) is 8.81. The monoisotopic (exact) mass is 245 g/mol. The molecule has 1 unspecified atom stereocenters. The summed E-state index contributed by atoms with van der Waals surface area (Å²) < 4.78 is 0. The van der Waals surface area contributed by atoms with Crippen LogP contribution in [-0.4, -0.2) is 43.3 Å². The van der Waals surface area contributed by atoms with E-state index in [4.69, 9.17) is 5.11 Å². The van der Waals surface area contributed by atoms with Crippen molar-refractivity contribution in [1.29, 1.82) is 0 Å². The average molecular weight is 245 g/mol. The number of carboxylic acids is 1. The summed E-state index contributed by atoms with van der Waals surface area (Å²) in [5.74, 6) is -0.812. The first-order chi connectivity index (χ1) is 7.97. The number of nitrogens with one attached hydrogen (secondary N) is 3. The number of carbonyl (C=O) groups is 2. The molecule has 0 bridgehead atoms. The van der Waals surface area contributed by atoms with Gasteiger partial charge in [0.2, 0.25) is 0 Å². The molecule has 0 spiro atoms. The van der Waals surface area contributed by atoms with Crippen LogP contribution in [0.3, 0.4) is 0 Å². The molecule has 4 N–H and O–H groups in total. The minimum Gasteiger partial charge on any atom is -0.481 e. The number of urea groups is 1. The molecule has 0 aromatic heterocycles. The molecule has 2 amide bonds. The molecule has 1 atom stereocenters. The highest BCUT2D eigenvalue weighted by Gasteiger charge is 2.18. The summed E-state index contributed by atoms with van der Waals surface area (Å²) in [5.41, 5.74) is 0. The van der Waals surface area contributed by atoms with Crippen molar-refractivity contribution in [1.82, 2.24) is 16.0 Å². The molecule has 0 aromatic carbocycles. The van der Waals surface area contributed by atoms with Gasteiger partial charge in [-0.25, -0.2) is 4.79 Å². The molecule has 6 nitrogen and oxygen atoms in total. The van der Waals surface area contributed by atoms with E-state index < -0.39 is 5.97 Å². The lowest BCUT2D eigenvalue weighted by Gasteiger charge is -2.20. The molecular weight excluding hydrogens is 222 g/mol. The van der Waals surface area contributed by atoms with Gasteiger partial charge >= 0.3 is 12.0 Å². The highest BCUT2D eigenvalue weighted by Crippen LogP contribution is 2.05. The van der Waals surface area contributed by atoms with Crippen LogP contribution in [0.5, 0.6) is 0 Å². The molecule has 0 aliphatic heterocycles. The van der Waals surface area contributed by atoms with E-state index in [9.17, 15) is 9.59 Å². The van der Waals surface area contributed by atoms with Crippen LogP contribution in [-0.2, 0) is 4.79 Å². The Balaban J connectivity index is 3.91. The summed E-state index contributed by atoms with van der Waals surface area (Å²) in [7, 11) is 1.85. The zero-order valence-corrected chi connectivity index (χ0v) is 10.7. The molecule has 0 fully saturated rings. The standard InChI is InChI=1S/C11H23N3O3/c1-8(2)9(7-10(15)16)14-11(17)13-6-4-5-12-3/h8-9,12H,4-7H2,1-3H3,(H,15,16)(H2,13,14,17). The lowest BCUT2D eigenvalue weighted by atomic mass is 10.0. The zero-order valence-electron chi connectivity index (χ0n) is 10.7. The number of hydrogen-bond acceptors (Lipinski definition) is 3. The SMILES string of the molecule is CNCCCNC(=O)NC(CC(=O)O)C(C)C. The number of hydrogen-bond donors (Lipinski definition) is 4. The van der Waals surface area contributed by atoms with Crippen molar-refractivity contribution in [2.45, 2.75) is 32.7 Å². The molecule has 0 saturated carbocycles.